The Morgan fingerprint density at radius 1 is 1.56 bits per heavy atom. The molecular formula is C14H24O2. The molecule has 3 atom stereocenters. The number of ketones is 1. The lowest BCUT2D eigenvalue weighted by Crippen LogP contribution is -2.33. The van der Waals surface area contributed by atoms with Gasteiger partial charge in [-0.2, -0.15) is 0 Å². The van der Waals surface area contributed by atoms with Crippen LogP contribution in [0.15, 0.2) is 11.6 Å². The molecule has 92 valence electrons. The third-order valence-corrected chi connectivity index (χ3v) is 3.59. The van der Waals surface area contributed by atoms with Crippen LogP contribution in [0.5, 0.6) is 0 Å². The lowest BCUT2D eigenvalue weighted by atomic mass is 9.76. The van der Waals surface area contributed by atoms with Crippen molar-refractivity contribution in [1.82, 2.24) is 0 Å². The summed E-state index contributed by atoms with van der Waals surface area (Å²) >= 11 is 0. The summed E-state index contributed by atoms with van der Waals surface area (Å²) in [5, 5.41) is 9.88. The maximum Gasteiger partial charge on any atom is 0.135 e. The van der Waals surface area contributed by atoms with Gasteiger partial charge in [0, 0.05) is 12.8 Å². The van der Waals surface area contributed by atoms with E-state index in [0.29, 0.717) is 24.7 Å². The molecule has 2 nitrogen and oxygen atoms in total. The topological polar surface area (TPSA) is 37.3 Å². The summed E-state index contributed by atoms with van der Waals surface area (Å²) in [6.07, 6.45) is 5.95. The van der Waals surface area contributed by atoms with Crippen LogP contribution in [0.3, 0.4) is 0 Å². The third kappa shape index (κ3) is 4.09. The zero-order chi connectivity index (χ0) is 12.1. The summed E-state index contributed by atoms with van der Waals surface area (Å²) in [5.41, 5.74) is 1.35. The normalized spacial score (nSPS) is 27.6. The molecule has 0 aliphatic heterocycles. The van der Waals surface area contributed by atoms with Gasteiger partial charge in [-0.05, 0) is 44.9 Å². The first-order chi connectivity index (χ1) is 7.50. The molecule has 0 spiro atoms. The number of rotatable bonds is 4. The molecule has 16 heavy (non-hydrogen) atoms. The van der Waals surface area contributed by atoms with Crippen LogP contribution in [0, 0.1) is 11.8 Å². The molecular weight excluding hydrogens is 200 g/mol. The standard InChI is InChI=1S/C14H24O2/c1-10(2)5-4-6-11(3)13-8-7-12(15)9-14(13)16/h5,11,13-14,16H,4,6-9H2,1-3H3. The van der Waals surface area contributed by atoms with Gasteiger partial charge in [0.2, 0.25) is 0 Å². The number of hydrogen-bond donors (Lipinski definition) is 1. The molecule has 0 bridgehead atoms. The summed E-state index contributed by atoms with van der Waals surface area (Å²) in [7, 11) is 0. The van der Waals surface area contributed by atoms with Gasteiger partial charge in [-0.15, -0.1) is 0 Å². The predicted octanol–water partition coefficient (Wildman–Crippen LogP) is 3.10. The Hall–Kier alpha value is -0.630. The van der Waals surface area contributed by atoms with Crippen molar-refractivity contribution >= 4 is 5.78 Å². The molecule has 1 fully saturated rings. The SMILES string of the molecule is CC(C)=CCCC(C)C1CCC(=O)CC1O. The second-order valence-corrected chi connectivity index (χ2v) is 5.35. The molecule has 2 heteroatoms. The Kier molecular flexibility index (Phi) is 5.20. The van der Waals surface area contributed by atoms with Crippen molar-refractivity contribution in [3.63, 3.8) is 0 Å². The van der Waals surface area contributed by atoms with Crippen LogP contribution in [0.25, 0.3) is 0 Å². The fourth-order valence-electron chi connectivity index (χ4n) is 2.52. The highest BCUT2D eigenvalue weighted by molar-refractivity contribution is 5.79. The minimum atomic E-state index is -0.400. The number of carbonyl (C=O) groups excluding carboxylic acids is 1. The molecule has 0 radical (unpaired) electrons. The molecule has 0 aromatic heterocycles. The van der Waals surface area contributed by atoms with Crippen LogP contribution >= 0.6 is 0 Å². The summed E-state index contributed by atoms with van der Waals surface area (Å²) < 4.78 is 0. The van der Waals surface area contributed by atoms with Gasteiger partial charge in [0.05, 0.1) is 6.10 Å². The van der Waals surface area contributed by atoms with Gasteiger partial charge in [-0.3, -0.25) is 4.79 Å². The van der Waals surface area contributed by atoms with Crippen molar-refractivity contribution in [1.29, 1.82) is 0 Å². The number of carbonyl (C=O) groups is 1. The monoisotopic (exact) mass is 224 g/mol. The van der Waals surface area contributed by atoms with E-state index in [1.54, 1.807) is 0 Å². The lowest BCUT2D eigenvalue weighted by Gasteiger charge is -2.31. The summed E-state index contributed by atoms with van der Waals surface area (Å²) in [5.74, 6) is 1.06. The van der Waals surface area contributed by atoms with E-state index in [1.807, 2.05) is 0 Å². The summed E-state index contributed by atoms with van der Waals surface area (Å²) in [6.45, 7) is 6.42. The molecule has 0 amide bonds. The van der Waals surface area contributed by atoms with Crippen LogP contribution in [-0.4, -0.2) is 17.0 Å². The van der Waals surface area contributed by atoms with Gasteiger partial charge in [0.1, 0.15) is 5.78 Å². The van der Waals surface area contributed by atoms with Crippen LogP contribution < -0.4 is 0 Å². The maximum atomic E-state index is 11.2. The number of aliphatic hydroxyl groups excluding tert-OH is 1. The molecule has 1 aliphatic carbocycles. The smallest absolute Gasteiger partial charge is 0.135 e. The van der Waals surface area contributed by atoms with Gasteiger partial charge in [-0.25, -0.2) is 0 Å². The fraction of sp³-hybridized carbons (Fsp3) is 0.786. The molecule has 1 rings (SSSR count). The Morgan fingerprint density at radius 2 is 2.25 bits per heavy atom. The highest BCUT2D eigenvalue weighted by atomic mass is 16.3. The average Bonchev–Trinajstić information content (AvgIpc) is 2.16. The van der Waals surface area contributed by atoms with Crippen molar-refractivity contribution in [2.75, 3.05) is 0 Å². The molecule has 0 aromatic rings. The number of hydrogen-bond acceptors (Lipinski definition) is 2. The molecule has 0 aromatic carbocycles. The Balaban J connectivity index is 2.38. The van der Waals surface area contributed by atoms with Gasteiger partial charge >= 0.3 is 0 Å². The van der Waals surface area contributed by atoms with E-state index in [9.17, 15) is 9.90 Å². The minimum Gasteiger partial charge on any atom is -0.392 e. The van der Waals surface area contributed by atoms with Crippen molar-refractivity contribution in [3.8, 4) is 0 Å². The first-order valence-electron chi connectivity index (χ1n) is 6.34. The molecule has 1 aliphatic rings. The van der Waals surface area contributed by atoms with Crippen LogP contribution in [-0.2, 0) is 4.79 Å². The van der Waals surface area contributed by atoms with Gasteiger partial charge in [-0.1, -0.05) is 18.6 Å². The van der Waals surface area contributed by atoms with Crippen LogP contribution in [0.4, 0.5) is 0 Å². The van der Waals surface area contributed by atoms with E-state index in [1.165, 1.54) is 5.57 Å². The highest BCUT2D eigenvalue weighted by Crippen LogP contribution is 2.31. The van der Waals surface area contributed by atoms with E-state index in [4.69, 9.17) is 0 Å². The molecule has 1 N–H and O–H groups in total. The zero-order valence-electron chi connectivity index (χ0n) is 10.7. The first kappa shape index (κ1) is 13.4. The average molecular weight is 224 g/mol. The van der Waals surface area contributed by atoms with Crippen LogP contribution in [0.2, 0.25) is 0 Å². The lowest BCUT2D eigenvalue weighted by molar-refractivity contribution is -0.125. The first-order valence-corrected chi connectivity index (χ1v) is 6.34. The quantitative estimate of drug-likeness (QED) is 0.745. The van der Waals surface area contributed by atoms with Crippen molar-refractivity contribution in [3.05, 3.63) is 11.6 Å². The maximum absolute atomic E-state index is 11.2. The van der Waals surface area contributed by atoms with E-state index >= 15 is 0 Å². The van der Waals surface area contributed by atoms with E-state index in [-0.39, 0.29) is 5.78 Å². The second kappa shape index (κ2) is 6.19. The van der Waals surface area contributed by atoms with E-state index < -0.39 is 6.10 Å². The van der Waals surface area contributed by atoms with Crippen molar-refractivity contribution < 1.29 is 9.90 Å². The van der Waals surface area contributed by atoms with Gasteiger partial charge < -0.3 is 5.11 Å². The molecule has 0 saturated heterocycles. The van der Waals surface area contributed by atoms with Crippen molar-refractivity contribution in [2.45, 2.75) is 59.0 Å². The fourth-order valence-corrected chi connectivity index (χ4v) is 2.52. The summed E-state index contributed by atoms with van der Waals surface area (Å²) in [4.78, 5) is 11.2. The van der Waals surface area contributed by atoms with Gasteiger partial charge in [0.15, 0.2) is 0 Å². The third-order valence-electron chi connectivity index (χ3n) is 3.59. The Labute approximate surface area is 98.7 Å². The van der Waals surface area contributed by atoms with Crippen molar-refractivity contribution in [2.24, 2.45) is 11.8 Å². The molecule has 1 saturated carbocycles. The Morgan fingerprint density at radius 3 is 2.81 bits per heavy atom. The predicted molar refractivity (Wildman–Crippen MR) is 66.2 cm³/mol. The number of aliphatic hydroxyl groups is 1. The van der Waals surface area contributed by atoms with Crippen LogP contribution in [0.1, 0.15) is 52.9 Å². The van der Waals surface area contributed by atoms with E-state index in [0.717, 1.165) is 19.3 Å². The van der Waals surface area contributed by atoms with E-state index in [2.05, 4.69) is 26.8 Å². The second-order valence-electron chi connectivity index (χ2n) is 5.35. The summed E-state index contributed by atoms with van der Waals surface area (Å²) in [6, 6.07) is 0. The number of allylic oxidation sites excluding steroid dienone is 2. The molecule has 3 unspecified atom stereocenters. The largest absolute Gasteiger partial charge is 0.392 e. The highest BCUT2D eigenvalue weighted by Gasteiger charge is 2.30. The molecule has 0 heterocycles. The minimum absolute atomic E-state index is 0.222. The Bertz CT molecular complexity index is 264. The van der Waals surface area contributed by atoms with Gasteiger partial charge in [0.25, 0.3) is 0 Å². The zero-order valence-corrected chi connectivity index (χ0v) is 10.7. The number of Topliss-reactive ketones (excluding diaryl/α,β-unsaturated/α-hetero) is 1.